The molecule has 1 aromatic carbocycles. The van der Waals surface area contributed by atoms with E-state index < -0.39 is 0 Å². The van der Waals surface area contributed by atoms with Crippen molar-refractivity contribution in [2.75, 3.05) is 5.75 Å². The van der Waals surface area contributed by atoms with E-state index in [0.717, 1.165) is 21.1 Å². The average molecular weight is 296 g/mol. The van der Waals surface area contributed by atoms with Gasteiger partial charge in [0.05, 0.1) is 5.75 Å². The number of rotatable bonds is 3. The molecule has 98 valence electrons. The van der Waals surface area contributed by atoms with Crippen LogP contribution in [0, 0.1) is 19.3 Å². The monoisotopic (exact) mass is 296 g/mol. The van der Waals surface area contributed by atoms with E-state index in [1.54, 1.807) is 23.1 Å². The van der Waals surface area contributed by atoms with Crippen molar-refractivity contribution in [2.45, 2.75) is 11.9 Å². The predicted molar refractivity (Wildman–Crippen MR) is 87.1 cm³/mol. The molecule has 0 amide bonds. The summed E-state index contributed by atoms with van der Waals surface area (Å²) in [4.78, 5) is 11.3. The van der Waals surface area contributed by atoms with Crippen LogP contribution in [0.4, 0.5) is 0 Å². The van der Waals surface area contributed by atoms with Crippen LogP contribution in [0.3, 0.4) is 0 Å². The first-order valence-corrected chi connectivity index (χ1v) is 7.98. The molecular formula is C16H12N2S2. The molecule has 0 N–H and O–H groups in total. The number of thiophene rings is 1. The Labute approximate surface area is 126 Å². The quantitative estimate of drug-likeness (QED) is 0.407. The maximum absolute atomic E-state index is 5.34. The van der Waals surface area contributed by atoms with Crippen LogP contribution >= 0.6 is 23.1 Å². The van der Waals surface area contributed by atoms with Gasteiger partial charge in [0, 0.05) is 10.3 Å². The fourth-order valence-electron chi connectivity index (χ4n) is 1.96. The van der Waals surface area contributed by atoms with E-state index in [1.807, 2.05) is 25.1 Å². The minimum Gasteiger partial charge on any atom is -0.226 e. The van der Waals surface area contributed by atoms with Crippen molar-refractivity contribution in [2.24, 2.45) is 0 Å². The van der Waals surface area contributed by atoms with E-state index >= 15 is 0 Å². The van der Waals surface area contributed by atoms with Gasteiger partial charge in [-0.3, -0.25) is 0 Å². The van der Waals surface area contributed by atoms with Gasteiger partial charge in [0.1, 0.15) is 15.7 Å². The zero-order valence-corrected chi connectivity index (χ0v) is 12.6. The Kier molecular flexibility index (Phi) is 3.72. The van der Waals surface area contributed by atoms with Gasteiger partial charge < -0.3 is 0 Å². The molecule has 0 radical (unpaired) electrons. The first-order chi connectivity index (χ1) is 9.78. The third kappa shape index (κ3) is 2.55. The van der Waals surface area contributed by atoms with Crippen molar-refractivity contribution >= 4 is 33.3 Å². The van der Waals surface area contributed by atoms with Crippen LogP contribution in [-0.4, -0.2) is 15.7 Å². The molecule has 0 aliphatic carbocycles. The number of aryl methyl sites for hydroxylation is 1. The lowest BCUT2D eigenvalue weighted by molar-refractivity contribution is 1.02. The normalized spacial score (nSPS) is 10.6. The summed E-state index contributed by atoms with van der Waals surface area (Å²) in [5, 5.41) is 2.07. The summed E-state index contributed by atoms with van der Waals surface area (Å²) in [7, 11) is 0. The Hall–Kier alpha value is -1.83. The molecule has 0 fully saturated rings. The Bertz CT molecular complexity index is 785. The van der Waals surface area contributed by atoms with Crippen LogP contribution in [0.2, 0.25) is 0 Å². The van der Waals surface area contributed by atoms with Crippen LogP contribution < -0.4 is 0 Å². The lowest BCUT2D eigenvalue weighted by atomic mass is 10.2. The van der Waals surface area contributed by atoms with Gasteiger partial charge in [-0.2, -0.15) is 0 Å². The van der Waals surface area contributed by atoms with Gasteiger partial charge in [-0.1, -0.05) is 48.0 Å². The summed E-state index contributed by atoms with van der Waals surface area (Å²) in [5.41, 5.74) is 1.21. The summed E-state index contributed by atoms with van der Waals surface area (Å²) in [5.74, 6) is 4.06. The molecule has 0 aliphatic heterocycles. The Morgan fingerprint density at radius 1 is 1.25 bits per heavy atom. The number of terminal acetylenes is 1. The van der Waals surface area contributed by atoms with Gasteiger partial charge in [-0.05, 0) is 18.6 Å². The predicted octanol–water partition coefficient (Wildman–Crippen LogP) is 4.39. The highest BCUT2D eigenvalue weighted by Gasteiger charge is 2.11. The maximum Gasteiger partial charge on any atom is 0.128 e. The molecule has 0 saturated heterocycles. The third-order valence-electron chi connectivity index (χ3n) is 2.82. The van der Waals surface area contributed by atoms with Gasteiger partial charge in [-0.25, -0.2) is 9.97 Å². The van der Waals surface area contributed by atoms with Crippen molar-refractivity contribution in [3.8, 4) is 22.8 Å². The van der Waals surface area contributed by atoms with E-state index in [4.69, 9.17) is 6.42 Å². The number of aromatic nitrogens is 2. The minimum atomic E-state index is 0.627. The molecule has 3 aromatic rings. The summed E-state index contributed by atoms with van der Waals surface area (Å²) in [6, 6.07) is 12.5. The molecule has 20 heavy (non-hydrogen) atoms. The van der Waals surface area contributed by atoms with E-state index in [2.05, 4.69) is 34.1 Å². The first kappa shape index (κ1) is 13.2. The second-order valence-corrected chi connectivity index (χ2v) is 6.26. The molecule has 3 rings (SSSR count). The van der Waals surface area contributed by atoms with Gasteiger partial charge in [-0.15, -0.1) is 17.8 Å². The maximum atomic E-state index is 5.34. The minimum absolute atomic E-state index is 0.627. The van der Waals surface area contributed by atoms with Gasteiger partial charge in [0.2, 0.25) is 0 Å². The van der Waals surface area contributed by atoms with Crippen molar-refractivity contribution in [3.63, 3.8) is 0 Å². The molecule has 2 aromatic heterocycles. The van der Waals surface area contributed by atoms with E-state index in [1.165, 1.54) is 10.4 Å². The van der Waals surface area contributed by atoms with Crippen molar-refractivity contribution in [3.05, 3.63) is 42.2 Å². The van der Waals surface area contributed by atoms with E-state index in [9.17, 15) is 0 Å². The van der Waals surface area contributed by atoms with Crippen molar-refractivity contribution < 1.29 is 0 Å². The lowest BCUT2D eigenvalue weighted by Gasteiger charge is -2.00. The Morgan fingerprint density at radius 2 is 2.05 bits per heavy atom. The molecule has 0 unspecified atom stereocenters. The molecule has 0 spiro atoms. The topological polar surface area (TPSA) is 25.8 Å². The molecule has 2 heterocycles. The highest BCUT2D eigenvalue weighted by molar-refractivity contribution is 7.99. The summed E-state index contributed by atoms with van der Waals surface area (Å²) in [6.45, 7) is 1.92. The molecule has 2 nitrogen and oxygen atoms in total. The van der Waals surface area contributed by atoms with Crippen LogP contribution in [-0.2, 0) is 0 Å². The fraction of sp³-hybridized carbons (Fsp3) is 0.125. The van der Waals surface area contributed by atoms with Gasteiger partial charge >= 0.3 is 0 Å². The third-order valence-corrected chi connectivity index (χ3v) is 4.79. The summed E-state index contributed by atoms with van der Waals surface area (Å²) in [6.07, 6.45) is 5.34. The van der Waals surface area contributed by atoms with E-state index in [0.29, 0.717) is 5.75 Å². The highest BCUT2D eigenvalue weighted by Crippen LogP contribution is 2.36. The fourth-order valence-corrected chi connectivity index (χ4v) is 3.84. The van der Waals surface area contributed by atoms with Crippen LogP contribution in [0.5, 0.6) is 0 Å². The molecule has 0 aliphatic rings. The zero-order valence-electron chi connectivity index (χ0n) is 11.0. The Morgan fingerprint density at radius 3 is 2.80 bits per heavy atom. The number of hydrogen-bond donors (Lipinski definition) is 0. The standard InChI is InChI=1S/C16H12N2S2/c1-3-9-19-15-13-10-14(12-7-5-4-6-8-12)20-16(13)18-11(2)17-15/h1,4-8,10H,9H2,2H3. The van der Waals surface area contributed by atoms with Crippen molar-refractivity contribution in [1.29, 1.82) is 0 Å². The van der Waals surface area contributed by atoms with Crippen LogP contribution in [0.15, 0.2) is 41.4 Å². The average Bonchev–Trinajstić information content (AvgIpc) is 2.89. The van der Waals surface area contributed by atoms with Crippen LogP contribution in [0.25, 0.3) is 20.7 Å². The number of fused-ring (bicyclic) bond motifs is 1. The largest absolute Gasteiger partial charge is 0.226 e. The SMILES string of the molecule is C#CCSc1nc(C)nc2sc(-c3ccccc3)cc12. The number of thioether (sulfide) groups is 1. The number of benzene rings is 1. The highest BCUT2D eigenvalue weighted by atomic mass is 32.2. The lowest BCUT2D eigenvalue weighted by Crippen LogP contribution is -1.90. The van der Waals surface area contributed by atoms with Gasteiger partial charge in [0.15, 0.2) is 0 Å². The number of nitrogens with zero attached hydrogens (tertiary/aromatic N) is 2. The molecule has 0 bridgehead atoms. The zero-order chi connectivity index (χ0) is 13.9. The number of hydrogen-bond acceptors (Lipinski definition) is 4. The smallest absolute Gasteiger partial charge is 0.128 e. The van der Waals surface area contributed by atoms with E-state index in [-0.39, 0.29) is 0 Å². The molecular weight excluding hydrogens is 284 g/mol. The molecule has 0 saturated carbocycles. The second-order valence-electron chi connectivity index (χ2n) is 4.26. The van der Waals surface area contributed by atoms with Crippen molar-refractivity contribution in [1.82, 2.24) is 9.97 Å². The molecule has 0 atom stereocenters. The molecule has 4 heteroatoms. The Balaban J connectivity index is 2.13. The second kappa shape index (κ2) is 5.66. The summed E-state index contributed by atoms with van der Waals surface area (Å²) >= 11 is 3.29. The van der Waals surface area contributed by atoms with Crippen LogP contribution in [0.1, 0.15) is 5.82 Å². The summed E-state index contributed by atoms with van der Waals surface area (Å²) < 4.78 is 0. The van der Waals surface area contributed by atoms with Gasteiger partial charge in [0.25, 0.3) is 0 Å². The first-order valence-electron chi connectivity index (χ1n) is 6.18.